The van der Waals surface area contributed by atoms with E-state index in [1.807, 2.05) is 41.5 Å². The molecule has 23 heteroatoms. The lowest BCUT2D eigenvalue weighted by molar-refractivity contribution is -0.385. The van der Waals surface area contributed by atoms with Gasteiger partial charge in [0.15, 0.2) is 0 Å². The Hall–Kier alpha value is -5.29. The Morgan fingerprint density at radius 2 is 0.831 bits per heavy atom. The summed E-state index contributed by atoms with van der Waals surface area (Å²) in [4.78, 5) is 61.7. The number of hydrogen-bond donors (Lipinski definition) is 2. The number of nitrogens with zero attached hydrogens (tertiary/aromatic N) is 4. The third-order valence-electron chi connectivity index (χ3n) is 15.2. The number of carbonyl (C=O) groups is 3. The largest absolute Gasteiger partial charge is 0.460 e. The first kappa shape index (κ1) is 65.3. The quantitative estimate of drug-likeness (QED) is 0.0484. The Kier molecular flexibility index (Phi) is 20.5. The third-order valence-corrected chi connectivity index (χ3v) is 18.6. The number of halogens is 6. The molecule has 0 aromatic heterocycles. The molecule has 0 bridgehead atoms. The summed E-state index contributed by atoms with van der Waals surface area (Å²) in [5.41, 5.74) is 8.71. The van der Waals surface area contributed by atoms with Crippen molar-refractivity contribution in [2.45, 2.75) is 191 Å². The normalized spacial score (nSPS) is 27.8. The zero-order valence-corrected chi connectivity index (χ0v) is 50.9. The van der Waals surface area contributed by atoms with Gasteiger partial charge in [0.25, 0.3) is 5.69 Å². The second-order valence-corrected chi connectivity index (χ2v) is 28.4. The zero-order valence-electron chi connectivity index (χ0n) is 48.5. The van der Waals surface area contributed by atoms with Crippen LogP contribution in [0.3, 0.4) is 0 Å². The van der Waals surface area contributed by atoms with Gasteiger partial charge < -0.3 is 25.7 Å². The van der Waals surface area contributed by atoms with Gasteiger partial charge in [0, 0.05) is 75.2 Å². The molecule has 83 heavy (non-hydrogen) atoms. The molecular weight excluding hydrogens is 1140 g/mol. The molecule has 3 aromatic rings. The van der Waals surface area contributed by atoms with Gasteiger partial charge in [0.1, 0.15) is 52.8 Å². The number of non-ortho nitro benzene ring substituents is 1. The molecule has 3 aromatic carbocycles. The van der Waals surface area contributed by atoms with Crippen LogP contribution in [0.2, 0.25) is 0 Å². The number of ether oxygens (including phenoxy) is 3. The van der Waals surface area contributed by atoms with Crippen molar-refractivity contribution in [1.82, 2.24) is 0 Å². The second kappa shape index (κ2) is 26.1. The van der Waals surface area contributed by atoms with Crippen molar-refractivity contribution in [2.75, 3.05) is 28.7 Å². The minimum absolute atomic E-state index is 0.0411. The van der Waals surface area contributed by atoms with Gasteiger partial charge in [-0.25, -0.2) is 26.3 Å². The summed E-state index contributed by atoms with van der Waals surface area (Å²) in [6.45, 7) is 16.1. The van der Waals surface area contributed by atoms with E-state index in [0.29, 0.717) is 93.4 Å². The highest BCUT2D eigenvalue weighted by Gasteiger charge is 2.52. The predicted molar refractivity (Wildman–Crippen MR) is 317 cm³/mol. The van der Waals surface area contributed by atoms with E-state index >= 15 is 0 Å². The van der Waals surface area contributed by atoms with E-state index in [1.165, 1.54) is 65.6 Å². The molecule has 0 unspecified atom stereocenters. The maximum absolute atomic E-state index is 14.8. The maximum Gasteiger partial charge on any atom is 0.312 e. The standard InChI is InChI=1S/C20H24F2N2O4S.2C20H26F2N2O2S/c1-19(2,3)28-18(25)10-17-23-20(7-6-13(21)8-12(20)11-29-17)15-9-14(24(26)27)4-5-16(15)22;2*1-19(2,3)26-18(25)10-17-24-20(15-9-14(23)4-5-16(15)22)7-6-13(21)8-12(20)11-27-17/h4-5,9,12-13H,6-8,10-11H2,1-3H3;2*4-5,9,12-13H,6-8,10-11,23H2,1-3H3/t3*12-,13-,20-/m000/s1. The minimum Gasteiger partial charge on any atom is -0.460 e. The van der Waals surface area contributed by atoms with Gasteiger partial charge in [-0.1, -0.05) is 0 Å². The molecule has 3 saturated carbocycles. The number of hydrogen-bond acceptors (Lipinski definition) is 16. The highest BCUT2D eigenvalue weighted by atomic mass is 32.2. The lowest BCUT2D eigenvalue weighted by Crippen LogP contribution is -2.45. The number of esters is 3. The van der Waals surface area contributed by atoms with Gasteiger partial charge in [-0.05, 0) is 163 Å². The number of benzene rings is 3. The maximum atomic E-state index is 14.8. The van der Waals surface area contributed by atoms with Crippen molar-refractivity contribution in [1.29, 1.82) is 0 Å². The van der Waals surface area contributed by atoms with Crippen molar-refractivity contribution >= 4 is 85.4 Å². The van der Waals surface area contributed by atoms with Crippen molar-refractivity contribution in [3.05, 3.63) is 98.9 Å². The van der Waals surface area contributed by atoms with Gasteiger partial charge in [-0.3, -0.25) is 39.5 Å². The van der Waals surface area contributed by atoms with Crippen molar-refractivity contribution in [3.63, 3.8) is 0 Å². The SMILES string of the molecule is CC(C)(C)OC(=O)CC1=N[C@@]2(c3cc(N)ccc3F)CC[C@H](F)C[C@H]2CS1.CC(C)(C)OC(=O)CC1=N[C@@]2(c3cc(N)ccc3F)CC[C@H](F)C[C@H]2CS1.CC(C)(C)OC(=O)CC1=N[C@@]2(c3cc([N+](=O)[O-])ccc3F)CC[C@H](F)C[C@H]2CS1. The van der Waals surface area contributed by atoms with Crippen molar-refractivity contribution < 1.29 is 59.9 Å². The number of thioether (sulfide) groups is 3. The summed E-state index contributed by atoms with van der Waals surface area (Å²) in [5.74, 6) is -1.50. The van der Waals surface area contributed by atoms with E-state index in [2.05, 4.69) is 0 Å². The summed E-state index contributed by atoms with van der Waals surface area (Å²) in [6.07, 6.45) is -0.0734. The van der Waals surface area contributed by atoms with Crippen molar-refractivity contribution in [3.8, 4) is 0 Å². The molecule has 9 atom stereocenters. The monoisotopic (exact) mass is 1220 g/mol. The average molecular weight is 1220 g/mol. The Bertz CT molecular complexity index is 2880. The number of aliphatic imine (C=N–C) groups is 3. The van der Waals surface area contributed by atoms with Crippen LogP contribution in [-0.4, -0.2) is 90.5 Å². The van der Waals surface area contributed by atoms with Crippen LogP contribution < -0.4 is 11.5 Å². The lowest BCUT2D eigenvalue weighted by Gasteiger charge is -2.45. The molecule has 3 fully saturated rings. The number of anilines is 2. The van der Waals surface area contributed by atoms with E-state index in [4.69, 9.17) is 40.7 Å². The molecule has 3 aliphatic heterocycles. The molecule has 0 spiro atoms. The number of fused-ring (bicyclic) bond motifs is 3. The lowest BCUT2D eigenvalue weighted by atomic mass is 9.69. The van der Waals surface area contributed by atoms with Crippen LogP contribution in [0, 0.1) is 45.3 Å². The number of alkyl halides is 3. The topological polar surface area (TPSA) is 211 Å². The van der Waals surface area contributed by atoms with E-state index in [-0.39, 0.29) is 79.5 Å². The van der Waals surface area contributed by atoms with E-state index in [0.717, 1.165) is 12.1 Å². The Balaban J connectivity index is 0.000000179. The van der Waals surface area contributed by atoms with E-state index in [9.17, 15) is 50.8 Å². The molecule has 6 aliphatic rings. The molecule has 9 rings (SSSR count). The molecular formula is C60H76F6N6O8S3. The van der Waals surface area contributed by atoms with Crippen LogP contribution in [0.25, 0.3) is 0 Å². The summed E-state index contributed by atoms with van der Waals surface area (Å²) in [6, 6.07) is 12.3. The van der Waals surface area contributed by atoms with E-state index < -0.39 is 80.3 Å². The molecule has 4 N–H and O–H groups in total. The molecule has 3 aliphatic carbocycles. The average Bonchev–Trinajstić information content (AvgIpc) is 1.36. The fourth-order valence-electron chi connectivity index (χ4n) is 11.7. The molecule has 14 nitrogen and oxygen atoms in total. The van der Waals surface area contributed by atoms with Gasteiger partial charge in [-0.15, -0.1) is 35.3 Å². The highest BCUT2D eigenvalue weighted by Crippen LogP contribution is 2.54. The fraction of sp³-hybridized carbons (Fsp3) is 0.600. The van der Waals surface area contributed by atoms with E-state index in [1.54, 1.807) is 32.9 Å². The van der Waals surface area contributed by atoms with Crippen LogP contribution in [-0.2, 0) is 45.2 Å². The molecule has 0 amide bonds. The first-order chi connectivity index (χ1) is 38.7. The summed E-state index contributed by atoms with van der Waals surface area (Å²) in [5, 5.41) is 12.9. The highest BCUT2D eigenvalue weighted by molar-refractivity contribution is 8.14. The molecule has 0 radical (unpaired) electrons. The summed E-state index contributed by atoms with van der Waals surface area (Å²) < 4.78 is 103. The molecule has 0 saturated heterocycles. The number of carbonyl (C=O) groups excluding carboxylic acids is 3. The van der Waals surface area contributed by atoms with Gasteiger partial charge >= 0.3 is 17.9 Å². The molecule has 454 valence electrons. The molecule has 3 heterocycles. The van der Waals surface area contributed by atoms with Crippen LogP contribution in [0.4, 0.5) is 43.4 Å². The smallest absolute Gasteiger partial charge is 0.312 e. The fourth-order valence-corrected chi connectivity index (χ4v) is 15.5. The van der Waals surface area contributed by atoms with Crippen molar-refractivity contribution in [2.24, 2.45) is 32.7 Å². The predicted octanol–water partition coefficient (Wildman–Crippen LogP) is 14.2. The Morgan fingerprint density at radius 1 is 0.542 bits per heavy atom. The van der Waals surface area contributed by atoms with Crippen LogP contribution >= 0.6 is 35.3 Å². The van der Waals surface area contributed by atoms with Gasteiger partial charge in [-0.2, -0.15) is 0 Å². The van der Waals surface area contributed by atoms with Crippen LogP contribution in [0.1, 0.15) is 156 Å². The number of nitrogen functional groups attached to an aromatic ring is 2. The number of nitrogens with two attached hydrogens (primary N) is 2. The minimum atomic E-state index is -1.11. The number of nitro benzene ring substituents is 1. The Morgan fingerprint density at radius 3 is 1.12 bits per heavy atom. The summed E-state index contributed by atoms with van der Waals surface area (Å²) in [7, 11) is 0. The third kappa shape index (κ3) is 16.6. The second-order valence-electron chi connectivity index (χ2n) is 25.1. The van der Waals surface area contributed by atoms with Crippen LogP contribution in [0.5, 0.6) is 0 Å². The summed E-state index contributed by atoms with van der Waals surface area (Å²) >= 11 is 4.22. The number of rotatable bonds is 10. The Labute approximate surface area is 494 Å². The van der Waals surface area contributed by atoms with Crippen LogP contribution in [0.15, 0.2) is 69.6 Å². The first-order valence-corrected chi connectivity index (χ1v) is 30.9. The van der Waals surface area contributed by atoms with Gasteiger partial charge in [0.05, 0.1) is 55.9 Å². The number of nitro groups is 1. The van der Waals surface area contributed by atoms with Gasteiger partial charge in [0.2, 0.25) is 0 Å². The first-order valence-electron chi connectivity index (χ1n) is 28.0. The zero-order chi connectivity index (χ0) is 61.0.